The normalized spacial score (nSPS) is 10.0. The number of benzene rings is 1. The molecule has 0 heterocycles. The van der Waals surface area contributed by atoms with E-state index in [0.29, 0.717) is 30.2 Å². The van der Waals surface area contributed by atoms with Crippen LogP contribution in [0.1, 0.15) is 12.0 Å². The van der Waals surface area contributed by atoms with Gasteiger partial charge >= 0.3 is 0 Å². The van der Waals surface area contributed by atoms with E-state index >= 15 is 0 Å². The molecule has 0 aliphatic rings. The van der Waals surface area contributed by atoms with Crippen LogP contribution in [-0.2, 0) is 11.2 Å². The van der Waals surface area contributed by atoms with Crippen molar-refractivity contribution in [3.05, 3.63) is 24.6 Å². The van der Waals surface area contributed by atoms with Gasteiger partial charge in [0.1, 0.15) is 11.5 Å². The minimum atomic E-state index is -0.179. The average Bonchev–Trinajstić information content (AvgIpc) is 2.39. The molecule has 0 saturated carbocycles. The highest BCUT2D eigenvalue weighted by Gasteiger charge is 2.12. The first-order valence-electron chi connectivity index (χ1n) is 5.70. The molecule has 0 aliphatic carbocycles. The number of carbonyl (C=O) groups is 1. The largest absolute Gasteiger partial charge is 0.496 e. The fourth-order valence-electron chi connectivity index (χ4n) is 1.62. The van der Waals surface area contributed by atoms with Gasteiger partial charge < -0.3 is 20.5 Å². The number of anilines is 1. The second-order valence-corrected chi connectivity index (χ2v) is 3.70. The van der Waals surface area contributed by atoms with Crippen molar-refractivity contribution in [2.75, 3.05) is 26.1 Å². The number of amides is 1. The van der Waals surface area contributed by atoms with Crippen molar-refractivity contribution in [2.45, 2.75) is 12.8 Å². The highest BCUT2D eigenvalue weighted by Crippen LogP contribution is 2.33. The average molecular weight is 251 g/mol. The summed E-state index contributed by atoms with van der Waals surface area (Å²) < 4.78 is 10.5. The summed E-state index contributed by atoms with van der Waals surface area (Å²) in [4.78, 5) is 11.4. The Morgan fingerprint density at radius 2 is 2.00 bits per heavy atom. The van der Waals surface area contributed by atoms with Gasteiger partial charge in [-0.05, 0) is 31.5 Å². The van der Waals surface area contributed by atoms with Crippen molar-refractivity contribution in [1.29, 1.82) is 0 Å². The van der Waals surface area contributed by atoms with E-state index < -0.39 is 0 Å². The minimum Gasteiger partial charge on any atom is -0.496 e. The summed E-state index contributed by atoms with van der Waals surface area (Å²) in [5, 5.41) is 2.72. The van der Waals surface area contributed by atoms with Gasteiger partial charge in [-0.1, -0.05) is 0 Å². The third kappa shape index (κ3) is 3.37. The standard InChI is InChI=1S/C13H19N2O3/c1-4-13(16)15-10-8-11(17-2)9(5-6-14)7-12(10)18-3/h7-8H,1,4-6,14H2,2-3H3,(H,15,16). The molecule has 1 aromatic carbocycles. The number of ether oxygens (including phenoxy) is 2. The molecule has 99 valence electrons. The van der Waals surface area contributed by atoms with Gasteiger partial charge in [-0.15, -0.1) is 0 Å². The third-order valence-electron chi connectivity index (χ3n) is 2.52. The van der Waals surface area contributed by atoms with E-state index in [1.165, 1.54) is 0 Å². The van der Waals surface area contributed by atoms with Crippen molar-refractivity contribution in [1.82, 2.24) is 0 Å². The molecule has 0 aliphatic heterocycles. The Hall–Kier alpha value is -1.75. The summed E-state index contributed by atoms with van der Waals surface area (Å²) in [5.74, 6) is 1.09. The van der Waals surface area contributed by atoms with Crippen LogP contribution in [0.5, 0.6) is 11.5 Å². The zero-order chi connectivity index (χ0) is 13.5. The molecule has 18 heavy (non-hydrogen) atoms. The maximum atomic E-state index is 11.4. The maximum absolute atomic E-state index is 11.4. The Bertz CT molecular complexity index is 419. The van der Waals surface area contributed by atoms with Gasteiger partial charge in [0.25, 0.3) is 0 Å². The molecule has 1 rings (SSSR count). The van der Waals surface area contributed by atoms with E-state index in [4.69, 9.17) is 15.2 Å². The molecule has 0 unspecified atom stereocenters. The lowest BCUT2D eigenvalue weighted by atomic mass is 10.1. The van der Waals surface area contributed by atoms with Crippen LogP contribution in [0.4, 0.5) is 5.69 Å². The first-order chi connectivity index (χ1) is 8.65. The molecule has 0 spiro atoms. The molecule has 1 radical (unpaired) electrons. The maximum Gasteiger partial charge on any atom is 0.224 e. The summed E-state index contributed by atoms with van der Waals surface area (Å²) >= 11 is 0. The Balaban J connectivity index is 3.12. The summed E-state index contributed by atoms with van der Waals surface area (Å²) in [7, 11) is 3.13. The zero-order valence-electron chi connectivity index (χ0n) is 10.8. The highest BCUT2D eigenvalue weighted by molar-refractivity contribution is 5.93. The Morgan fingerprint density at radius 1 is 1.33 bits per heavy atom. The van der Waals surface area contributed by atoms with Gasteiger partial charge in [-0.2, -0.15) is 0 Å². The molecule has 0 aromatic heterocycles. The lowest BCUT2D eigenvalue weighted by Gasteiger charge is -2.15. The highest BCUT2D eigenvalue weighted by atomic mass is 16.5. The van der Waals surface area contributed by atoms with E-state index in [9.17, 15) is 4.79 Å². The number of methoxy groups -OCH3 is 2. The Labute approximate surface area is 107 Å². The zero-order valence-corrected chi connectivity index (χ0v) is 10.8. The second kappa shape index (κ2) is 6.86. The smallest absolute Gasteiger partial charge is 0.224 e. The first kappa shape index (κ1) is 14.3. The van der Waals surface area contributed by atoms with Gasteiger partial charge in [-0.3, -0.25) is 4.79 Å². The van der Waals surface area contributed by atoms with Crippen molar-refractivity contribution in [2.24, 2.45) is 5.73 Å². The van der Waals surface area contributed by atoms with Crippen LogP contribution < -0.4 is 20.5 Å². The van der Waals surface area contributed by atoms with Crippen LogP contribution in [0.2, 0.25) is 0 Å². The molecule has 5 heteroatoms. The van der Waals surface area contributed by atoms with Crippen molar-refractivity contribution < 1.29 is 14.3 Å². The molecule has 3 N–H and O–H groups in total. The van der Waals surface area contributed by atoms with Crippen molar-refractivity contribution >= 4 is 11.6 Å². The van der Waals surface area contributed by atoms with E-state index in [2.05, 4.69) is 12.2 Å². The van der Waals surface area contributed by atoms with Gasteiger partial charge in [0, 0.05) is 12.5 Å². The van der Waals surface area contributed by atoms with Gasteiger partial charge in [-0.25, -0.2) is 0 Å². The summed E-state index contributed by atoms with van der Waals surface area (Å²) in [6.07, 6.45) is 0.846. The molecule has 0 bridgehead atoms. The summed E-state index contributed by atoms with van der Waals surface area (Å²) in [6.45, 7) is 4.04. The fourth-order valence-corrected chi connectivity index (χ4v) is 1.62. The van der Waals surface area contributed by atoms with Gasteiger partial charge in [0.2, 0.25) is 5.91 Å². The first-order valence-corrected chi connectivity index (χ1v) is 5.70. The number of nitrogens with one attached hydrogen (secondary N) is 1. The topological polar surface area (TPSA) is 73.6 Å². The molecule has 0 saturated heterocycles. The van der Waals surface area contributed by atoms with E-state index in [0.717, 1.165) is 5.56 Å². The van der Waals surface area contributed by atoms with E-state index in [-0.39, 0.29) is 12.3 Å². The van der Waals surface area contributed by atoms with Crippen molar-refractivity contribution in [3.8, 4) is 11.5 Å². The van der Waals surface area contributed by atoms with Crippen LogP contribution in [0, 0.1) is 6.92 Å². The van der Waals surface area contributed by atoms with Crippen molar-refractivity contribution in [3.63, 3.8) is 0 Å². The monoisotopic (exact) mass is 251 g/mol. The van der Waals surface area contributed by atoms with Crippen LogP contribution in [0.3, 0.4) is 0 Å². The molecule has 1 aromatic rings. The second-order valence-electron chi connectivity index (χ2n) is 3.70. The van der Waals surface area contributed by atoms with E-state index in [1.807, 2.05) is 6.07 Å². The van der Waals surface area contributed by atoms with Crippen LogP contribution >= 0.6 is 0 Å². The number of carbonyl (C=O) groups excluding carboxylic acids is 1. The van der Waals surface area contributed by atoms with Crippen LogP contribution in [-0.4, -0.2) is 26.7 Å². The quantitative estimate of drug-likeness (QED) is 0.800. The Morgan fingerprint density at radius 3 is 2.50 bits per heavy atom. The molecule has 0 atom stereocenters. The van der Waals surface area contributed by atoms with Gasteiger partial charge in [0.15, 0.2) is 0 Å². The summed E-state index contributed by atoms with van der Waals surface area (Å²) in [5.41, 5.74) is 7.06. The predicted molar refractivity (Wildman–Crippen MR) is 70.9 cm³/mol. The third-order valence-corrected chi connectivity index (χ3v) is 2.52. The summed E-state index contributed by atoms with van der Waals surface area (Å²) in [6, 6.07) is 3.56. The fraction of sp³-hybridized carbons (Fsp3) is 0.385. The number of nitrogens with two attached hydrogens (primary N) is 1. The lowest BCUT2D eigenvalue weighted by molar-refractivity contribution is -0.115. The van der Waals surface area contributed by atoms with Gasteiger partial charge in [0.05, 0.1) is 19.9 Å². The SMILES string of the molecule is [CH2]CC(=O)Nc1cc(OC)c(CCN)cc1OC. The minimum absolute atomic E-state index is 0.163. The lowest BCUT2D eigenvalue weighted by Crippen LogP contribution is -2.12. The molecular weight excluding hydrogens is 232 g/mol. The number of hydrogen-bond acceptors (Lipinski definition) is 4. The van der Waals surface area contributed by atoms with Crippen LogP contribution in [0.15, 0.2) is 12.1 Å². The predicted octanol–water partition coefficient (Wildman–Crippen LogP) is 1.37. The molecule has 5 nitrogen and oxygen atoms in total. The Kier molecular flexibility index (Phi) is 5.45. The molecule has 0 fully saturated rings. The van der Waals surface area contributed by atoms with Crippen LogP contribution in [0.25, 0.3) is 0 Å². The van der Waals surface area contributed by atoms with E-state index in [1.54, 1.807) is 20.3 Å². The number of hydrogen-bond donors (Lipinski definition) is 2. The molecule has 1 amide bonds. The number of rotatable bonds is 6. The molecular formula is C13H19N2O3.